The second kappa shape index (κ2) is 6.19. The number of likely N-dealkylation sites (tertiary alicyclic amines) is 1. The fourth-order valence-corrected chi connectivity index (χ4v) is 3.95. The molecule has 1 amide bonds. The van der Waals surface area contributed by atoms with Crippen LogP contribution in [-0.4, -0.2) is 49.7 Å². The predicted molar refractivity (Wildman–Crippen MR) is 93.5 cm³/mol. The number of aliphatic carboxylic acids is 1. The van der Waals surface area contributed by atoms with Crippen molar-refractivity contribution < 1.29 is 19.6 Å². The van der Waals surface area contributed by atoms with Gasteiger partial charge in [-0.15, -0.1) is 0 Å². The van der Waals surface area contributed by atoms with Crippen LogP contribution in [0.2, 0.25) is 0 Å². The van der Waals surface area contributed by atoms with Crippen molar-refractivity contribution in [3.05, 3.63) is 52.3 Å². The van der Waals surface area contributed by atoms with Gasteiger partial charge >= 0.3 is 5.97 Å². The number of hydrogen-bond donors (Lipinski definition) is 1. The summed E-state index contributed by atoms with van der Waals surface area (Å²) in [4.78, 5) is 36.2. The third-order valence-electron chi connectivity index (χ3n) is 5.67. The first-order valence-electron chi connectivity index (χ1n) is 8.73. The summed E-state index contributed by atoms with van der Waals surface area (Å²) in [5.41, 5.74) is 0.274. The van der Waals surface area contributed by atoms with E-state index in [0.717, 1.165) is 0 Å². The summed E-state index contributed by atoms with van der Waals surface area (Å²) in [6, 6.07) is 7.74. The number of nitro benzene ring substituents is 1. The Morgan fingerprint density at radius 3 is 2.56 bits per heavy atom. The zero-order chi connectivity index (χ0) is 19.2. The molecule has 0 bridgehead atoms. The lowest BCUT2D eigenvalue weighted by Gasteiger charge is -2.32. The summed E-state index contributed by atoms with van der Waals surface area (Å²) in [6.07, 6.45) is 3.58. The molecule has 1 spiro atoms. The zero-order valence-electron chi connectivity index (χ0n) is 14.4. The molecule has 9 nitrogen and oxygen atoms in total. The molecule has 1 aliphatic heterocycles. The average molecular weight is 370 g/mol. The number of carboxylic acids is 1. The molecule has 2 fully saturated rings. The van der Waals surface area contributed by atoms with Crippen LogP contribution in [0.25, 0.3) is 5.69 Å². The van der Waals surface area contributed by atoms with Crippen LogP contribution < -0.4 is 0 Å². The van der Waals surface area contributed by atoms with E-state index in [1.807, 2.05) is 0 Å². The molecule has 4 rings (SSSR count). The van der Waals surface area contributed by atoms with Crippen LogP contribution in [0.1, 0.15) is 29.8 Å². The van der Waals surface area contributed by atoms with Gasteiger partial charge in [-0.25, -0.2) is 4.68 Å². The molecule has 9 heteroatoms. The smallest absolute Gasteiger partial charge is 0.307 e. The lowest BCUT2D eigenvalue weighted by atomic mass is 9.90. The number of nitro groups is 1. The van der Waals surface area contributed by atoms with E-state index in [2.05, 4.69) is 5.10 Å². The van der Waals surface area contributed by atoms with Gasteiger partial charge in [0.25, 0.3) is 11.6 Å². The topological polar surface area (TPSA) is 119 Å². The van der Waals surface area contributed by atoms with Crippen LogP contribution in [0.4, 0.5) is 5.69 Å². The molecule has 1 aliphatic carbocycles. The van der Waals surface area contributed by atoms with E-state index in [9.17, 15) is 19.7 Å². The molecule has 140 valence electrons. The highest BCUT2D eigenvalue weighted by molar-refractivity contribution is 5.92. The molecule has 1 unspecified atom stereocenters. The Morgan fingerprint density at radius 2 is 1.93 bits per heavy atom. The van der Waals surface area contributed by atoms with Gasteiger partial charge in [-0.3, -0.25) is 19.7 Å². The first kappa shape index (κ1) is 17.2. The average Bonchev–Trinajstić information content (AvgIpc) is 3.14. The Balaban J connectivity index is 1.48. The highest BCUT2D eigenvalue weighted by Crippen LogP contribution is 2.59. The Hall–Kier alpha value is -3.23. The first-order chi connectivity index (χ1) is 12.9. The van der Waals surface area contributed by atoms with Crippen molar-refractivity contribution in [1.82, 2.24) is 14.7 Å². The lowest BCUT2D eigenvalue weighted by molar-refractivity contribution is -0.384. The van der Waals surface area contributed by atoms with Crippen molar-refractivity contribution in [2.24, 2.45) is 11.3 Å². The minimum Gasteiger partial charge on any atom is -0.481 e. The van der Waals surface area contributed by atoms with Crippen LogP contribution in [0.5, 0.6) is 0 Å². The predicted octanol–water partition coefficient (Wildman–Crippen LogP) is 2.11. The van der Waals surface area contributed by atoms with Crippen molar-refractivity contribution in [2.75, 3.05) is 13.1 Å². The van der Waals surface area contributed by atoms with Gasteiger partial charge < -0.3 is 10.0 Å². The Morgan fingerprint density at radius 1 is 1.22 bits per heavy atom. The van der Waals surface area contributed by atoms with E-state index in [4.69, 9.17) is 5.11 Å². The van der Waals surface area contributed by atoms with Gasteiger partial charge in [-0.05, 0) is 36.8 Å². The maximum absolute atomic E-state index is 12.7. The first-order valence-corrected chi connectivity index (χ1v) is 8.73. The quantitative estimate of drug-likeness (QED) is 0.650. The summed E-state index contributed by atoms with van der Waals surface area (Å²) in [5, 5.41) is 24.5. The number of aromatic nitrogens is 2. The molecule has 1 saturated carbocycles. The number of para-hydroxylation sites is 2. The zero-order valence-corrected chi connectivity index (χ0v) is 14.4. The van der Waals surface area contributed by atoms with E-state index >= 15 is 0 Å². The second-order valence-electron chi connectivity index (χ2n) is 7.14. The van der Waals surface area contributed by atoms with Gasteiger partial charge in [-0.2, -0.15) is 5.10 Å². The molecule has 1 saturated heterocycles. The maximum atomic E-state index is 12.7. The summed E-state index contributed by atoms with van der Waals surface area (Å²) in [6.45, 7) is 1.00. The number of rotatable bonds is 4. The highest BCUT2D eigenvalue weighted by Gasteiger charge is 2.59. The fraction of sp³-hybridized carbons (Fsp3) is 0.389. The fourth-order valence-electron chi connectivity index (χ4n) is 3.95. The number of piperidine rings is 1. The van der Waals surface area contributed by atoms with Gasteiger partial charge in [-0.1, -0.05) is 12.1 Å². The van der Waals surface area contributed by atoms with E-state index in [0.29, 0.717) is 38.0 Å². The van der Waals surface area contributed by atoms with E-state index in [1.54, 1.807) is 29.2 Å². The highest BCUT2D eigenvalue weighted by atomic mass is 16.6. The van der Waals surface area contributed by atoms with Crippen LogP contribution in [0.15, 0.2) is 36.5 Å². The minimum absolute atomic E-state index is 0.0899. The third-order valence-corrected chi connectivity index (χ3v) is 5.67. The molecule has 0 radical (unpaired) electrons. The van der Waals surface area contributed by atoms with Gasteiger partial charge in [0.05, 0.1) is 10.8 Å². The van der Waals surface area contributed by atoms with Crippen molar-refractivity contribution in [1.29, 1.82) is 0 Å². The van der Waals surface area contributed by atoms with Gasteiger partial charge in [0, 0.05) is 25.4 Å². The van der Waals surface area contributed by atoms with E-state index < -0.39 is 10.9 Å². The molecule has 1 N–H and O–H groups in total. The molecule has 2 aromatic rings. The molecule has 1 atom stereocenters. The standard InChI is InChI=1S/C18H18N4O5/c23-16(20-9-6-18(7-10-20)11-12(18)17(24)25)13-5-8-21(19-13)14-3-1-2-4-15(14)22(26)27/h1-5,8,12H,6-7,9-11H2,(H,24,25). The van der Waals surface area contributed by atoms with Gasteiger partial charge in [0.1, 0.15) is 5.69 Å². The molecule has 1 aromatic carbocycles. The van der Waals surface area contributed by atoms with Crippen molar-refractivity contribution in [3.63, 3.8) is 0 Å². The minimum atomic E-state index is -0.752. The molecule has 1 aromatic heterocycles. The number of benzene rings is 1. The van der Waals surface area contributed by atoms with Crippen molar-refractivity contribution in [2.45, 2.75) is 19.3 Å². The summed E-state index contributed by atoms with van der Waals surface area (Å²) >= 11 is 0. The van der Waals surface area contributed by atoms with E-state index in [1.165, 1.54) is 16.9 Å². The number of hydrogen-bond acceptors (Lipinski definition) is 5. The summed E-state index contributed by atoms with van der Waals surface area (Å²) in [7, 11) is 0. The molecular formula is C18H18N4O5. The number of carbonyl (C=O) groups excluding carboxylic acids is 1. The third kappa shape index (κ3) is 2.94. The molecule has 2 heterocycles. The second-order valence-corrected chi connectivity index (χ2v) is 7.14. The van der Waals surface area contributed by atoms with Crippen molar-refractivity contribution in [3.8, 4) is 5.69 Å². The molecule has 27 heavy (non-hydrogen) atoms. The van der Waals surface area contributed by atoms with Gasteiger partial charge in [0.15, 0.2) is 5.69 Å². The molecule has 2 aliphatic rings. The number of carbonyl (C=O) groups is 2. The van der Waals surface area contributed by atoms with Crippen LogP contribution >= 0.6 is 0 Å². The normalized spacial score (nSPS) is 20.4. The SMILES string of the molecule is O=C(O)C1CC12CCN(C(=O)c1ccn(-c3ccccc3[N+](=O)[O-])n1)CC2. The Kier molecular flexibility index (Phi) is 3.94. The van der Waals surface area contributed by atoms with Crippen LogP contribution in [-0.2, 0) is 4.79 Å². The van der Waals surface area contributed by atoms with Gasteiger partial charge in [0.2, 0.25) is 0 Å². The number of carboxylic acid groups (broad SMARTS) is 1. The number of nitrogens with zero attached hydrogens (tertiary/aromatic N) is 4. The Labute approximate surface area is 154 Å². The molecular weight excluding hydrogens is 352 g/mol. The maximum Gasteiger partial charge on any atom is 0.307 e. The Bertz CT molecular complexity index is 929. The van der Waals surface area contributed by atoms with E-state index in [-0.39, 0.29) is 28.6 Å². The summed E-state index contributed by atoms with van der Waals surface area (Å²) < 4.78 is 1.33. The van der Waals surface area contributed by atoms with Crippen LogP contribution in [0.3, 0.4) is 0 Å². The summed E-state index contributed by atoms with van der Waals surface area (Å²) in [5.74, 6) is -1.28. The van der Waals surface area contributed by atoms with Crippen LogP contribution in [0, 0.1) is 21.4 Å². The lowest BCUT2D eigenvalue weighted by Crippen LogP contribution is -2.40. The largest absolute Gasteiger partial charge is 0.481 e. The number of amides is 1. The van der Waals surface area contributed by atoms with Crippen molar-refractivity contribution >= 4 is 17.6 Å². The monoisotopic (exact) mass is 370 g/mol.